The van der Waals surface area contributed by atoms with Crippen molar-refractivity contribution in [3.8, 4) is 0 Å². The fraction of sp³-hybridized carbons (Fsp3) is 0.611. The van der Waals surface area contributed by atoms with Gasteiger partial charge in [-0.15, -0.1) is 0 Å². The van der Waals surface area contributed by atoms with Gasteiger partial charge in [-0.2, -0.15) is 0 Å². The van der Waals surface area contributed by atoms with Gasteiger partial charge >= 0.3 is 6.03 Å². The Morgan fingerprint density at radius 2 is 1.52 bits per heavy atom. The number of hydrogen-bond donors (Lipinski definition) is 1. The zero-order valence-electron chi connectivity index (χ0n) is 12.7. The number of nitrogens with zero attached hydrogens (tertiary/aromatic N) is 1. The van der Waals surface area contributed by atoms with E-state index in [9.17, 15) is 9.18 Å². The number of carbonyl (C=O) groups is 1. The Bertz CT molecular complexity index is 408. The van der Waals surface area contributed by atoms with E-state index < -0.39 is 0 Å². The van der Waals surface area contributed by atoms with Gasteiger partial charge in [0, 0.05) is 51.8 Å². The van der Waals surface area contributed by atoms with Crippen LogP contribution in [0.4, 0.5) is 9.18 Å². The maximum atomic E-state index is 12.4. The number of rotatable bonds is 2. The minimum atomic E-state index is -0.163. The van der Waals surface area contributed by atoms with Gasteiger partial charge in [-0.05, 0) is 37.5 Å². The third-order valence-electron chi connectivity index (χ3n) is 3.05. The van der Waals surface area contributed by atoms with E-state index in [1.54, 1.807) is 0 Å². The molecular weight excluding hydrogens is 368 g/mol. The van der Waals surface area contributed by atoms with E-state index >= 15 is 0 Å². The van der Waals surface area contributed by atoms with Crippen molar-refractivity contribution in [1.82, 2.24) is 10.2 Å². The molecule has 2 rings (SSSR count). The van der Waals surface area contributed by atoms with Gasteiger partial charge in [0.2, 0.25) is 0 Å². The van der Waals surface area contributed by atoms with Gasteiger partial charge in [0.1, 0.15) is 5.82 Å². The largest absolute Gasteiger partial charge is 0.336 e. The molecule has 23 heavy (non-hydrogen) atoms. The van der Waals surface area contributed by atoms with Crippen LogP contribution < -0.4 is 5.32 Å². The van der Waals surface area contributed by atoms with Crippen molar-refractivity contribution in [1.29, 1.82) is 0 Å². The number of benzene rings is 1. The molecule has 1 aliphatic rings. The Balaban J connectivity index is -0.000000134. The molecule has 1 radical (unpaired) electrons. The molecule has 1 heterocycles. The van der Waals surface area contributed by atoms with E-state index in [0.717, 1.165) is 13.1 Å². The van der Waals surface area contributed by atoms with Gasteiger partial charge in [0.15, 0.2) is 0 Å². The summed E-state index contributed by atoms with van der Waals surface area (Å²) in [7, 11) is 0. The number of halogens is 1. The molecule has 1 aromatic carbocycles. The second-order valence-electron chi connectivity index (χ2n) is 5.23. The predicted octanol–water partition coefficient (Wildman–Crippen LogP) is 5.27. The smallest absolute Gasteiger partial charge is 0.317 e. The van der Waals surface area contributed by atoms with Crippen molar-refractivity contribution < 1.29 is 41.9 Å². The number of nitrogens with one attached hydrogen (secondary N) is 1. The summed E-state index contributed by atoms with van der Waals surface area (Å²) in [5, 5.41) is 2.74. The molecule has 133 valence electrons. The van der Waals surface area contributed by atoms with Crippen molar-refractivity contribution >= 4 is 6.03 Å². The van der Waals surface area contributed by atoms with Crippen LogP contribution in [-0.4, -0.2) is 30.1 Å². The summed E-state index contributed by atoms with van der Waals surface area (Å²) in [5.74, 6) is 0.324. The summed E-state index contributed by atoms with van der Waals surface area (Å²) in [6, 6.07) is 7.04. The number of hydrogen-bond acceptors (Lipinski definition) is 1. The first-order valence-corrected chi connectivity index (χ1v) is 6.71. The average Bonchev–Trinajstić information content (AvgIpc) is 2.77. The summed E-state index contributed by atoms with van der Waals surface area (Å²) in [4.78, 5) is 12.6. The van der Waals surface area contributed by atoms with Crippen LogP contribution >= 0.6 is 0 Å². The van der Waals surface area contributed by atoms with E-state index in [2.05, 4.69) is 19.2 Å². The third-order valence-corrected chi connectivity index (χ3v) is 3.05. The molecule has 1 N–H and O–H groups in total. The Hall–Kier alpha value is -0.476. The normalized spacial score (nSPS) is 12.0. The van der Waals surface area contributed by atoms with E-state index in [1.807, 2.05) is 30.9 Å². The van der Waals surface area contributed by atoms with Crippen molar-refractivity contribution in [2.24, 2.45) is 0 Å². The van der Waals surface area contributed by atoms with Crippen LogP contribution in [0.25, 0.3) is 0 Å². The van der Waals surface area contributed by atoms with E-state index in [1.165, 1.54) is 17.7 Å². The maximum Gasteiger partial charge on any atom is 0.317 e. The molecule has 0 saturated carbocycles. The molecule has 1 saturated heterocycles. The van der Waals surface area contributed by atoms with Gasteiger partial charge in [0.05, 0.1) is 0 Å². The summed E-state index contributed by atoms with van der Waals surface area (Å²) < 4.78 is 12.4. The standard InChI is InChI=1S/C9H11F.C6H12N2O.3CH4.Y/c1-7(2)8-3-5-9(10)6-4-8;1-5(2)8-4-3-7-6(8)9;;;;/h3-7H,1-2H3;5H,3-4H2,1-2H3,(H,7,9);3*1H4;. The monoisotopic (exact) mass is 403 g/mol. The van der Waals surface area contributed by atoms with Crippen molar-refractivity contribution in [2.75, 3.05) is 13.1 Å². The summed E-state index contributed by atoms with van der Waals surface area (Å²) in [6.45, 7) is 9.88. The molecule has 2 amide bonds. The maximum absolute atomic E-state index is 12.4. The van der Waals surface area contributed by atoms with Crippen LogP contribution in [0, 0.1) is 5.82 Å². The van der Waals surface area contributed by atoms with E-state index in [4.69, 9.17) is 0 Å². The molecule has 0 bridgehead atoms. The van der Waals surface area contributed by atoms with Crippen LogP contribution in [-0.2, 0) is 32.7 Å². The Morgan fingerprint density at radius 1 is 1.04 bits per heavy atom. The quantitative estimate of drug-likeness (QED) is 0.717. The van der Waals surface area contributed by atoms with Crippen LogP contribution in [0.5, 0.6) is 0 Å². The summed E-state index contributed by atoms with van der Waals surface area (Å²) >= 11 is 0. The molecule has 0 aromatic heterocycles. The minimum absolute atomic E-state index is 0. The van der Waals surface area contributed by atoms with Gasteiger partial charge in [0.25, 0.3) is 0 Å². The Morgan fingerprint density at radius 3 is 1.78 bits per heavy atom. The fourth-order valence-electron chi connectivity index (χ4n) is 1.83. The van der Waals surface area contributed by atoms with Gasteiger partial charge in [-0.25, -0.2) is 9.18 Å². The first kappa shape index (κ1) is 30.4. The second kappa shape index (κ2) is 15.1. The van der Waals surface area contributed by atoms with Gasteiger partial charge in [-0.1, -0.05) is 48.3 Å². The van der Waals surface area contributed by atoms with Gasteiger partial charge in [-0.3, -0.25) is 0 Å². The minimum Gasteiger partial charge on any atom is -0.336 e. The first-order valence-electron chi connectivity index (χ1n) is 6.71. The van der Waals surface area contributed by atoms with E-state index in [-0.39, 0.29) is 66.8 Å². The van der Waals surface area contributed by atoms with E-state index in [0.29, 0.717) is 12.0 Å². The van der Waals surface area contributed by atoms with Crippen LogP contribution in [0.1, 0.15) is 61.5 Å². The molecule has 1 aliphatic heterocycles. The summed E-state index contributed by atoms with van der Waals surface area (Å²) in [6.07, 6.45) is 0. The predicted molar refractivity (Wildman–Crippen MR) is 95.9 cm³/mol. The molecular formula is C18H35FN2OY. The first-order chi connectivity index (χ1) is 8.91. The molecule has 0 spiro atoms. The van der Waals surface area contributed by atoms with Crippen molar-refractivity contribution in [2.45, 2.75) is 61.9 Å². The molecule has 5 heteroatoms. The third kappa shape index (κ3) is 10.8. The van der Waals surface area contributed by atoms with Crippen molar-refractivity contribution in [3.05, 3.63) is 35.6 Å². The molecule has 1 aromatic rings. The fourth-order valence-corrected chi connectivity index (χ4v) is 1.83. The number of carbonyl (C=O) groups excluding carboxylic acids is 1. The van der Waals surface area contributed by atoms with Crippen LogP contribution in [0.3, 0.4) is 0 Å². The zero-order valence-corrected chi connectivity index (χ0v) is 15.5. The zero-order chi connectivity index (χ0) is 14.4. The van der Waals surface area contributed by atoms with Crippen LogP contribution in [0.15, 0.2) is 24.3 Å². The van der Waals surface area contributed by atoms with Crippen molar-refractivity contribution in [3.63, 3.8) is 0 Å². The Labute approximate surface area is 168 Å². The molecule has 0 aliphatic carbocycles. The van der Waals surface area contributed by atoms with Gasteiger partial charge < -0.3 is 10.2 Å². The molecule has 1 fully saturated rings. The second-order valence-corrected chi connectivity index (χ2v) is 5.23. The average molecular weight is 403 g/mol. The van der Waals surface area contributed by atoms with Crippen LogP contribution in [0.2, 0.25) is 0 Å². The SMILES string of the molecule is C.C.C.CC(C)N1CCNC1=O.CC(C)c1ccc(F)cc1.[Y]. The molecule has 3 nitrogen and oxygen atoms in total. The Kier molecular flexibility index (Phi) is 19.9. The molecule has 0 unspecified atom stereocenters. The number of urea groups is 1. The topological polar surface area (TPSA) is 32.3 Å². The molecule has 0 atom stereocenters. The summed E-state index contributed by atoms with van der Waals surface area (Å²) in [5.41, 5.74) is 1.18. The number of amides is 2.